The molecule has 2 atom stereocenters. The summed E-state index contributed by atoms with van der Waals surface area (Å²) in [7, 11) is 5.98. The summed E-state index contributed by atoms with van der Waals surface area (Å²) in [5.74, 6) is 0.954. The molecule has 0 bridgehead atoms. The van der Waals surface area contributed by atoms with Gasteiger partial charge in [-0.15, -0.1) is 24.0 Å². The largest absolute Gasteiger partial charge is 0.356 e. The molecule has 7 heteroatoms. The van der Waals surface area contributed by atoms with Gasteiger partial charge in [0.05, 0.1) is 0 Å². The molecule has 1 aliphatic rings. The molecule has 0 aliphatic carbocycles. The monoisotopic (exact) mass is 521 g/mol. The first-order chi connectivity index (χ1) is 14.1. The van der Waals surface area contributed by atoms with Crippen molar-refractivity contribution in [2.75, 3.05) is 39.5 Å². The number of anilines is 1. The number of carbonyl (C=O) groups is 1. The van der Waals surface area contributed by atoms with Crippen LogP contribution in [0.1, 0.15) is 23.5 Å². The lowest BCUT2D eigenvalue weighted by Gasteiger charge is -2.28. The number of amides is 1. The Labute approximate surface area is 196 Å². The fourth-order valence-electron chi connectivity index (χ4n) is 3.66. The standard InChI is InChI=1S/C23H31N5O.HI/c1-24-23(26-16-19(28(2)3)13-17-9-5-4-6-10-17)25-15-18-14-22(29)27-21-12-8-7-11-20(18)21;/h4-12,18-19H,13-16H2,1-3H3,(H,27,29)(H2,24,25,26);1H. The van der Waals surface area contributed by atoms with Gasteiger partial charge in [0, 0.05) is 44.2 Å². The molecule has 0 spiro atoms. The average molecular weight is 521 g/mol. The number of nitrogens with zero attached hydrogens (tertiary/aromatic N) is 2. The predicted molar refractivity (Wildman–Crippen MR) is 135 cm³/mol. The van der Waals surface area contributed by atoms with E-state index in [2.05, 4.69) is 70.3 Å². The first kappa shape index (κ1) is 24.1. The van der Waals surface area contributed by atoms with Gasteiger partial charge in [-0.3, -0.25) is 9.79 Å². The van der Waals surface area contributed by atoms with Gasteiger partial charge in [0.15, 0.2) is 5.96 Å². The van der Waals surface area contributed by atoms with E-state index in [9.17, 15) is 4.79 Å². The van der Waals surface area contributed by atoms with Crippen molar-refractivity contribution < 1.29 is 4.79 Å². The Morgan fingerprint density at radius 2 is 1.83 bits per heavy atom. The molecule has 162 valence electrons. The number of fused-ring (bicyclic) bond motifs is 1. The molecule has 0 saturated heterocycles. The molecule has 2 unspecified atom stereocenters. The highest BCUT2D eigenvalue weighted by Crippen LogP contribution is 2.31. The summed E-state index contributed by atoms with van der Waals surface area (Å²) >= 11 is 0. The molecular weight excluding hydrogens is 489 g/mol. The van der Waals surface area contributed by atoms with Gasteiger partial charge in [0.1, 0.15) is 0 Å². The van der Waals surface area contributed by atoms with Crippen LogP contribution in [-0.4, -0.2) is 57.0 Å². The second-order valence-corrected chi connectivity index (χ2v) is 7.68. The van der Waals surface area contributed by atoms with Crippen molar-refractivity contribution in [3.63, 3.8) is 0 Å². The summed E-state index contributed by atoms with van der Waals surface area (Å²) < 4.78 is 0. The molecule has 3 N–H and O–H groups in total. The average Bonchev–Trinajstić information content (AvgIpc) is 2.73. The smallest absolute Gasteiger partial charge is 0.225 e. The molecule has 0 aromatic heterocycles. The fourth-order valence-corrected chi connectivity index (χ4v) is 3.66. The lowest BCUT2D eigenvalue weighted by atomic mass is 9.90. The highest BCUT2D eigenvalue weighted by atomic mass is 127. The maximum atomic E-state index is 12.0. The number of carbonyl (C=O) groups excluding carboxylic acids is 1. The molecule has 6 nitrogen and oxygen atoms in total. The van der Waals surface area contributed by atoms with E-state index in [1.54, 1.807) is 7.05 Å². The summed E-state index contributed by atoms with van der Waals surface area (Å²) in [5, 5.41) is 9.79. The van der Waals surface area contributed by atoms with Crippen LogP contribution >= 0.6 is 24.0 Å². The lowest BCUT2D eigenvalue weighted by Crippen LogP contribution is -2.47. The normalized spacial score (nSPS) is 16.9. The summed E-state index contributed by atoms with van der Waals surface area (Å²) in [5.41, 5.74) is 3.40. The molecule has 1 heterocycles. The minimum absolute atomic E-state index is 0. The highest BCUT2D eigenvalue weighted by Gasteiger charge is 2.24. The minimum atomic E-state index is 0. The van der Waals surface area contributed by atoms with Gasteiger partial charge in [-0.25, -0.2) is 0 Å². The Morgan fingerprint density at radius 1 is 1.13 bits per heavy atom. The van der Waals surface area contributed by atoms with Crippen molar-refractivity contribution in [1.82, 2.24) is 15.5 Å². The van der Waals surface area contributed by atoms with Gasteiger partial charge in [0.25, 0.3) is 0 Å². The maximum absolute atomic E-state index is 12.0. The van der Waals surface area contributed by atoms with Crippen LogP contribution in [0.15, 0.2) is 59.6 Å². The van der Waals surface area contributed by atoms with Crippen LogP contribution in [0.2, 0.25) is 0 Å². The number of aliphatic imine (C=N–C) groups is 1. The Kier molecular flexibility index (Phi) is 9.58. The van der Waals surface area contributed by atoms with Crippen molar-refractivity contribution in [1.29, 1.82) is 0 Å². The van der Waals surface area contributed by atoms with E-state index in [1.165, 1.54) is 11.1 Å². The maximum Gasteiger partial charge on any atom is 0.225 e. The molecule has 1 aliphatic heterocycles. The molecule has 2 aromatic carbocycles. The SMILES string of the molecule is CN=C(NCC1CC(=O)Nc2ccccc21)NCC(Cc1ccccc1)N(C)C.I. The van der Waals surface area contributed by atoms with E-state index >= 15 is 0 Å². The third-order valence-corrected chi connectivity index (χ3v) is 5.40. The number of para-hydroxylation sites is 1. The van der Waals surface area contributed by atoms with E-state index in [0.29, 0.717) is 19.0 Å². The fraction of sp³-hybridized carbons (Fsp3) is 0.391. The van der Waals surface area contributed by atoms with Crippen LogP contribution in [0.4, 0.5) is 5.69 Å². The molecule has 0 radical (unpaired) electrons. The number of rotatable bonds is 7. The van der Waals surface area contributed by atoms with E-state index < -0.39 is 0 Å². The first-order valence-electron chi connectivity index (χ1n) is 10.1. The quantitative estimate of drug-likeness (QED) is 0.298. The van der Waals surface area contributed by atoms with Crippen LogP contribution in [0.3, 0.4) is 0 Å². The number of likely N-dealkylation sites (N-methyl/N-ethyl adjacent to an activating group) is 1. The topological polar surface area (TPSA) is 68.8 Å². The Bertz CT molecular complexity index is 840. The summed E-state index contributed by atoms with van der Waals surface area (Å²) in [4.78, 5) is 18.6. The van der Waals surface area contributed by atoms with E-state index in [0.717, 1.165) is 24.6 Å². The van der Waals surface area contributed by atoms with Crippen LogP contribution in [0.25, 0.3) is 0 Å². The number of benzene rings is 2. The second-order valence-electron chi connectivity index (χ2n) is 7.68. The highest BCUT2D eigenvalue weighted by molar-refractivity contribution is 14.0. The number of guanidine groups is 1. The van der Waals surface area contributed by atoms with Crippen molar-refractivity contribution in [2.24, 2.45) is 4.99 Å². The van der Waals surface area contributed by atoms with Crippen LogP contribution in [-0.2, 0) is 11.2 Å². The van der Waals surface area contributed by atoms with Crippen molar-refractivity contribution >= 4 is 41.5 Å². The third kappa shape index (κ3) is 6.70. The van der Waals surface area contributed by atoms with Crippen molar-refractivity contribution in [3.05, 3.63) is 65.7 Å². The molecule has 2 aromatic rings. The van der Waals surface area contributed by atoms with Crippen LogP contribution in [0.5, 0.6) is 0 Å². The zero-order valence-electron chi connectivity index (χ0n) is 17.9. The van der Waals surface area contributed by atoms with Gasteiger partial charge in [-0.2, -0.15) is 0 Å². The predicted octanol–water partition coefficient (Wildman–Crippen LogP) is 3.07. The van der Waals surface area contributed by atoms with Gasteiger partial charge < -0.3 is 20.9 Å². The molecular formula is C23H32IN5O. The lowest BCUT2D eigenvalue weighted by molar-refractivity contribution is -0.116. The van der Waals surface area contributed by atoms with E-state index in [1.807, 2.05) is 24.3 Å². The van der Waals surface area contributed by atoms with Crippen LogP contribution in [0, 0.1) is 0 Å². The summed E-state index contributed by atoms with van der Waals surface area (Å²) in [6.07, 6.45) is 1.45. The van der Waals surface area contributed by atoms with E-state index in [-0.39, 0.29) is 35.8 Å². The Morgan fingerprint density at radius 3 is 2.53 bits per heavy atom. The van der Waals surface area contributed by atoms with Crippen LogP contribution < -0.4 is 16.0 Å². The number of nitrogens with one attached hydrogen (secondary N) is 3. The zero-order chi connectivity index (χ0) is 20.6. The molecule has 0 saturated carbocycles. The van der Waals surface area contributed by atoms with Gasteiger partial charge >= 0.3 is 0 Å². The summed E-state index contributed by atoms with van der Waals surface area (Å²) in [6, 6.07) is 18.9. The number of hydrogen-bond donors (Lipinski definition) is 3. The molecule has 0 fully saturated rings. The summed E-state index contributed by atoms with van der Waals surface area (Å²) in [6.45, 7) is 1.44. The van der Waals surface area contributed by atoms with Crippen molar-refractivity contribution in [3.8, 4) is 0 Å². The third-order valence-electron chi connectivity index (χ3n) is 5.40. The van der Waals surface area contributed by atoms with E-state index in [4.69, 9.17) is 0 Å². The van der Waals surface area contributed by atoms with Gasteiger partial charge in [0.2, 0.25) is 5.91 Å². The van der Waals surface area contributed by atoms with Crippen molar-refractivity contribution in [2.45, 2.75) is 24.8 Å². The minimum Gasteiger partial charge on any atom is -0.356 e. The van der Waals surface area contributed by atoms with Gasteiger partial charge in [-0.05, 0) is 37.7 Å². The first-order valence-corrected chi connectivity index (χ1v) is 10.1. The zero-order valence-corrected chi connectivity index (χ0v) is 20.2. The van der Waals surface area contributed by atoms with Gasteiger partial charge in [-0.1, -0.05) is 48.5 Å². The Hall–Kier alpha value is -2.13. The molecule has 1 amide bonds. The molecule has 3 rings (SSSR count). The number of halogens is 1. The number of hydrogen-bond acceptors (Lipinski definition) is 3. The molecule has 30 heavy (non-hydrogen) atoms. The Balaban J connectivity index is 0.00000320. The second kappa shape index (κ2) is 11.9.